The first-order chi connectivity index (χ1) is 8.28. The predicted octanol–water partition coefficient (Wildman–Crippen LogP) is 2.76. The first-order valence-electron chi connectivity index (χ1n) is 6.50. The first kappa shape index (κ1) is 12.4. The quantitative estimate of drug-likeness (QED) is 0.870. The molecule has 1 heterocycles. The standard InChI is InChI=1S/C14H22N2O/c1-11-4-3-5-13(8-11)16-10-12-6-7-15-14(9-12)17-2/h6-7,9,11,13,16H,3-5,8,10H2,1-2H3. The van der Waals surface area contributed by atoms with Gasteiger partial charge in [-0.2, -0.15) is 0 Å². The lowest BCUT2D eigenvalue weighted by Crippen LogP contribution is -2.33. The predicted molar refractivity (Wildman–Crippen MR) is 69.0 cm³/mol. The zero-order valence-corrected chi connectivity index (χ0v) is 10.8. The highest BCUT2D eigenvalue weighted by atomic mass is 16.5. The summed E-state index contributed by atoms with van der Waals surface area (Å²) in [4.78, 5) is 4.11. The minimum atomic E-state index is 0.679. The van der Waals surface area contributed by atoms with E-state index in [1.54, 1.807) is 13.3 Å². The summed E-state index contributed by atoms with van der Waals surface area (Å²) >= 11 is 0. The molecule has 1 saturated carbocycles. The number of hydrogen-bond donors (Lipinski definition) is 1. The SMILES string of the molecule is COc1cc(CNC2CCCC(C)C2)ccn1. The van der Waals surface area contributed by atoms with Crippen LogP contribution in [0.4, 0.5) is 0 Å². The highest BCUT2D eigenvalue weighted by molar-refractivity contribution is 5.20. The van der Waals surface area contributed by atoms with Crippen molar-refractivity contribution in [1.82, 2.24) is 10.3 Å². The fraction of sp³-hybridized carbons (Fsp3) is 0.643. The molecule has 94 valence electrons. The van der Waals surface area contributed by atoms with E-state index in [4.69, 9.17) is 4.74 Å². The van der Waals surface area contributed by atoms with Crippen LogP contribution < -0.4 is 10.1 Å². The second kappa shape index (κ2) is 6.01. The van der Waals surface area contributed by atoms with Crippen LogP contribution in [-0.2, 0) is 6.54 Å². The molecule has 0 spiro atoms. The van der Waals surface area contributed by atoms with Gasteiger partial charge >= 0.3 is 0 Å². The summed E-state index contributed by atoms with van der Waals surface area (Å²) in [6.07, 6.45) is 7.17. The molecule has 0 aromatic carbocycles. The van der Waals surface area contributed by atoms with Gasteiger partial charge < -0.3 is 10.1 Å². The van der Waals surface area contributed by atoms with Crippen LogP contribution in [0, 0.1) is 5.92 Å². The minimum Gasteiger partial charge on any atom is -0.481 e. The van der Waals surface area contributed by atoms with Gasteiger partial charge in [-0.05, 0) is 30.4 Å². The zero-order chi connectivity index (χ0) is 12.1. The van der Waals surface area contributed by atoms with Crippen LogP contribution in [-0.4, -0.2) is 18.1 Å². The van der Waals surface area contributed by atoms with Gasteiger partial charge in [-0.25, -0.2) is 4.98 Å². The molecule has 1 aliphatic carbocycles. The largest absolute Gasteiger partial charge is 0.481 e. The number of nitrogens with one attached hydrogen (secondary N) is 1. The summed E-state index contributed by atoms with van der Waals surface area (Å²) < 4.78 is 5.12. The number of methoxy groups -OCH3 is 1. The summed E-state index contributed by atoms with van der Waals surface area (Å²) in [5.41, 5.74) is 1.25. The maximum atomic E-state index is 5.12. The molecule has 1 fully saturated rings. The normalized spacial score (nSPS) is 24.6. The summed E-state index contributed by atoms with van der Waals surface area (Å²) in [6, 6.07) is 4.72. The van der Waals surface area contributed by atoms with Gasteiger partial charge in [0.05, 0.1) is 7.11 Å². The molecule has 1 aromatic rings. The molecular formula is C14H22N2O. The Balaban J connectivity index is 1.84. The topological polar surface area (TPSA) is 34.1 Å². The third-order valence-corrected chi connectivity index (χ3v) is 3.54. The Kier molecular flexibility index (Phi) is 4.37. The fourth-order valence-corrected chi connectivity index (χ4v) is 2.55. The molecule has 2 unspecified atom stereocenters. The highest BCUT2D eigenvalue weighted by Crippen LogP contribution is 2.23. The van der Waals surface area contributed by atoms with Crippen molar-refractivity contribution >= 4 is 0 Å². The van der Waals surface area contributed by atoms with E-state index >= 15 is 0 Å². The van der Waals surface area contributed by atoms with Crippen LogP contribution in [0.5, 0.6) is 5.88 Å². The van der Waals surface area contributed by atoms with Gasteiger partial charge in [0.2, 0.25) is 5.88 Å². The van der Waals surface area contributed by atoms with Crippen molar-refractivity contribution < 1.29 is 4.74 Å². The number of pyridine rings is 1. The number of hydrogen-bond acceptors (Lipinski definition) is 3. The fourth-order valence-electron chi connectivity index (χ4n) is 2.55. The van der Waals surface area contributed by atoms with Gasteiger partial charge in [-0.1, -0.05) is 19.8 Å². The number of nitrogens with zero attached hydrogens (tertiary/aromatic N) is 1. The Bertz CT molecular complexity index is 354. The van der Waals surface area contributed by atoms with E-state index in [2.05, 4.69) is 17.2 Å². The van der Waals surface area contributed by atoms with Crippen molar-refractivity contribution in [3.63, 3.8) is 0 Å². The van der Waals surface area contributed by atoms with E-state index in [0.29, 0.717) is 11.9 Å². The molecular weight excluding hydrogens is 212 g/mol. The van der Waals surface area contributed by atoms with Gasteiger partial charge in [-0.3, -0.25) is 0 Å². The van der Waals surface area contributed by atoms with Crippen molar-refractivity contribution in [2.45, 2.75) is 45.2 Å². The minimum absolute atomic E-state index is 0.679. The molecule has 3 heteroatoms. The Morgan fingerprint density at radius 3 is 3.12 bits per heavy atom. The summed E-state index contributed by atoms with van der Waals surface area (Å²) in [7, 11) is 1.66. The molecule has 0 amide bonds. The van der Waals surface area contributed by atoms with E-state index in [9.17, 15) is 0 Å². The van der Waals surface area contributed by atoms with E-state index in [1.165, 1.54) is 31.2 Å². The van der Waals surface area contributed by atoms with Crippen molar-refractivity contribution in [2.24, 2.45) is 5.92 Å². The highest BCUT2D eigenvalue weighted by Gasteiger charge is 2.17. The van der Waals surface area contributed by atoms with Gasteiger partial charge in [0.1, 0.15) is 0 Å². The molecule has 0 aliphatic heterocycles. The van der Waals surface area contributed by atoms with Crippen LogP contribution in [0.2, 0.25) is 0 Å². The third-order valence-electron chi connectivity index (χ3n) is 3.54. The molecule has 1 aromatic heterocycles. The van der Waals surface area contributed by atoms with Crippen molar-refractivity contribution in [2.75, 3.05) is 7.11 Å². The Hall–Kier alpha value is -1.09. The second-order valence-corrected chi connectivity index (χ2v) is 5.06. The molecule has 0 radical (unpaired) electrons. The Morgan fingerprint density at radius 1 is 1.47 bits per heavy atom. The summed E-state index contributed by atoms with van der Waals surface area (Å²) in [5.74, 6) is 1.56. The van der Waals surface area contributed by atoms with Crippen molar-refractivity contribution in [3.05, 3.63) is 23.9 Å². The molecule has 1 N–H and O–H groups in total. The average Bonchev–Trinajstić information content (AvgIpc) is 2.37. The summed E-state index contributed by atoms with van der Waals surface area (Å²) in [5, 5.41) is 3.64. The number of ether oxygens (including phenoxy) is 1. The van der Waals surface area contributed by atoms with Crippen molar-refractivity contribution in [1.29, 1.82) is 0 Å². The summed E-state index contributed by atoms with van der Waals surface area (Å²) in [6.45, 7) is 3.26. The molecule has 0 bridgehead atoms. The molecule has 0 saturated heterocycles. The Labute approximate surface area is 104 Å². The molecule has 1 aliphatic rings. The van der Waals surface area contributed by atoms with E-state index < -0.39 is 0 Å². The van der Waals surface area contributed by atoms with Crippen LogP contribution in [0.25, 0.3) is 0 Å². The zero-order valence-electron chi connectivity index (χ0n) is 10.8. The molecule has 17 heavy (non-hydrogen) atoms. The van der Waals surface area contributed by atoms with Gasteiger partial charge in [0, 0.05) is 24.8 Å². The number of aromatic nitrogens is 1. The van der Waals surface area contributed by atoms with Crippen LogP contribution >= 0.6 is 0 Å². The van der Waals surface area contributed by atoms with Crippen LogP contribution in [0.15, 0.2) is 18.3 Å². The van der Waals surface area contributed by atoms with E-state index in [-0.39, 0.29) is 0 Å². The molecule has 2 rings (SSSR count). The smallest absolute Gasteiger partial charge is 0.213 e. The average molecular weight is 234 g/mol. The third kappa shape index (κ3) is 3.70. The van der Waals surface area contributed by atoms with E-state index in [0.717, 1.165) is 12.5 Å². The van der Waals surface area contributed by atoms with Crippen molar-refractivity contribution in [3.8, 4) is 5.88 Å². The maximum absolute atomic E-state index is 5.12. The lowest BCUT2D eigenvalue weighted by atomic mass is 9.87. The molecule has 3 nitrogen and oxygen atoms in total. The first-order valence-corrected chi connectivity index (χ1v) is 6.50. The number of rotatable bonds is 4. The maximum Gasteiger partial charge on any atom is 0.213 e. The van der Waals surface area contributed by atoms with Gasteiger partial charge in [-0.15, -0.1) is 0 Å². The molecule has 2 atom stereocenters. The van der Waals surface area contributed by atoms with Crippen LogP contribution in [0.3, 0.4) is 0 Å². The van der Waals surface area contributed by atoms with Gasteiger partial charge in [0.25, 0.3) is 0 Å². The van der Waals surface area contributed by atoms with Gasteiger partial charge in [0.15, 0.2) is 0 Å². The lowest BCUT2D eigenvalue weighted by Gasteiger charge is -2.27. The Morgan fingerprint density at radius 2 is 2.35 bits per heavy atom. The monoisotopic (exact) mass is 234 g/mol. The van der Waals surface area contributed by atoms with E-state index in [1.807, 2.05) is 12.1 Å². The lowest BCUT2D eigenvalue weighted by molar-refractivity contribution is 0.300. The second-order valence-electron chi connectivity index (χ2n) is 5.06. The van der Waals surface area contributed by atoms with Crippen LogP contribution in [0.1, 0.15) is 38.2 Å².